The summed E-state index contributed by atoms with van der Waals surface area (Å²) >= 11 is 0. The lowest BCUT2D eigenvalue weighted by molar-refractivity contribution is 0.623. The molecule has 2 atom stereocenters. The second kappa shape index (κ2) is 15.0. The number of rotatable bonds is 8. The third-order valence-corrected chi connectivity index (χ3v) is 9.32. The van der Waals surface area contributed by atoms with Crippen LogP contribution in [0.5, 0.6) is 0 Å². The molecule has 4 aromatic carbocycles. The number of nitrogens with zero attached hydrogens (tertiary/aromatic N) is 7. The standard InChI is InChI=1S/C23H21N7O.C18H19N3O/c1-3-16(28-21-19-20(25-12-24-19)26-13-27-21)22-29-17-11-7-8-14(2)18(17)23(31)30(22)15-9-5-4-6-10-15;1-3-14(19)17-20-15-11-7-8-12(2)16(15)18(22)21(17)13-9-5-4-6-10-13/h4-13,16H,3H2,1-2H3,(H2,24,25,26,27,28);4-11,14H,3,19H2,1-2H3. The molecule has 0 saturated carbocycles. The SMILES string of the molecule is CCC(N)c1nc2cccc(C)c2c(=O)n1-c1ccccc1.CCC(Nc1ncnc2nc[nH]c12)c1nc2cccc(C)c2c(=O)n1-c1ccccc1. The zero-order valence-electron chi connectivity index (χ0n) is 30.0. The van der Waals surface area contributed by atoms with Crippen LogP contribution in [0, 0.1) is 13.8 Å². The summed E-state index contributed by atoms with van der Waals surface area (Å²) in [6.07, 6.45) is 4.47. The number of nitrogens with one attached hydrogen (secondary N) is 2. The number of para-hydroxylation sites is 2. The summed E-state index contributed by atoms with van der Waals surface area (Å²) in [6, 6.07) is 30.1. The van der Waals surface area contributed by atoms with Gasteiger partial charge in [0.1, 0.15) is 23.5 Å². The summed E-state index contributed by atoms with van der Waals surface area (Å²) in [5.74, 6) is 1.85. The van der Waals surface area contributed by atoms with Gasteiger partial charge in [-0.1, -0.05) is 74.5 Å². The molecule has 2 unspecified atom stereocenters. The maximum absolute atomic E-state index is 13.7. The lowest BCUT2D eigenvalue weighted by Gasteiger charge is -2.22. The highest BCUT2D eigenvalue weighted by Crippen LogP contribution is 2.27. The Kier molecular flexibility index (Phi) is 9.87. The maximum atomic E-state index is 13.7. The van der Waals surface area contributed by atoms with Gasteiger partial charge in [0.25, 0.3) is 11.1 Å². The molecule has 0 fully saturated rings. The number of hydrogen-bond donors (Lipinski definition) is 3. The van der Waals surface area contributed by atoms with E-state index in [-0.39, 0.29) is 23.2 Å². The fraction of sp³-hybridized carbons (Fsp3) is 0.195. The minimum Gasteiger partial charge on any atom is -0.358 e. The number of benzene rings is 4. The number of aryl methyl sites for hydroxylation is 2. The van der Waals surface area contributed by atoms with E-state index >= 15 is 0 Å². The van der Waals surface area contributed by atoms with Gasteiger partial charge in [0, 0.05) is 0 Å². The predicted octanol–water partition coefficient (Wildman–Crippen LogP) is 7.03. The van der Waals surface area contributed by atoms with E-state index in [1.165, 1.54) is 6.33 Å². The van der Waals surface area contributed by atoms with E-state index in [9.17, 15) is 9.59 Å². The fourth-order valence-electron chi connectivity index (χ4n) is 6.53. The number of anilines is 1. The normalized spacial score (nSPS) is 12.4. The Balaban J connectivity index is 0.000000174. The highest BCUT2D eigenvalue weighted by atomic mass is 16.1. The van der Waals surface area contributed by atoms with Gasteiger partial charge in [-0.05, 0) is 74.2 Å². The first-order valence-electron chi connectivity index (χ1n) is 17.6. The molecule has 12 nitrogen and oxygen atoms in total. The van der Waals surface area contributed by atoms with Crippen molar-refractivity contribution in [3.63, 3.8) is 0 Å². The van der Waals surface area contributed by atoms with Gasteiger partial charge in [0.15, 0.2) is 11.5 Å². The molecule has 0 aliphatic heterocycles. The first-order valence-corrected chi connectivity index (χ1v) is 17.6. The number of nitrogens with two attached hydrogens (primary N) is 1. The van der Waals surface area contributed by atoms with Crippen LogP contribution in [0.25, 0.3) is 44.3 Å². The van der Waals surface area contributed by atoms with Crippen LogP contribution in [0.4, 0.5) is 5.82 Å². The molecule has 0 radical (unpaired) electrons. The van der Waals surface area contributed by atoms with Crippen LogP contribution in [0.15, 0.2) is 119 Å². The molecule has 53 heavy (non-hydrogen) atoms. The van der Waals surface area contributed by atoms with Crippen molar-refractivity contribution < 1.29 is 0 Å². The van der Waals surface area contributed by atoms with Crippen molar-refractivity contribution >= 4 is 38.8 Å². The Morgan fingerprint density at radius 1 is 0.679 bits per heavy atom. The maximum Gasteiger partial charge on any atom is 0.266 e. The van der Waals surface area contributed by atoms with Crippen LogP contribution >= 0.6 is 0 Å². The van der Waals surface area contributed by atoms with Gasteiger partial charge in [-0.3, -0.25) is 18.7 Å². The number of hydrogen-bond acceptors (Lipinski definition) is 9. The fourth-order valence-corrected chi connectivity index (χ4v) is 6.53. The zero-order valence-corrected chi connectivity index (χ0v) is 30.0. The molecule has 0 aliphatic rings. The lowest BCUT2D eigenvalue weighted by Crippen LogP contribution is -2.28. The molecule has 12 heteroatoms. The monoisotopic (exact) mass is 704 g/mol. The van der Waals surface area contributed by atoms with Gasteiger partial charge in [-0.15, -0.1) is 0 Å². The molecule has 266 valence electrons. The first kappa shape index (κ1) is 34.9. The Morgan fingerprint density at radius 3 is 1.77 bits per heavy atom. The minimum atomic E-state index is -0.280. The molecule has 0 spiro atoms. The van der Waals surface area contributed by atoms with Gasteiger partial charge in [-0.25, -0.2) is 24.9 Å². The van der Waals surface area contributed by atoms with Crippen molar-refractivity contribution in [1.82, 2.24) is 39.0 Å². The smallest absolute Gasteiger partial charge is 0.266 e. The number of imidazole rings is 1. The molecule has 4 heterocycles. The van der Waals surface area contributed by atoms with Crippen molar-refractivity contribution in [3.05, 3.63) is 153 Å². The summed E-state index contributed by atoms with van der Waals surface area (Å²) in [5, 5.41) is 4.73. The van der Waals surface area contributed by atoms with Gasteiger partial charge in [0.2, 0.25) is 0 Å². The third kappa shape index (κ3) is 6.67. The molecule has 0 bridgehead atoms. The average molecular weight is 705 g/mol. The van der Waals surface area contributed by atoms with Gasteiger partial charge < -0.3 is 16.0 Å². The van der Waals surface area contributed by atoms with Gasteiger partial charge in [-0.2, -0.15) is 0 Å². The Bertz CT molecular complexity index is 2670. The molecule has 4 aromatic heterocycles. The highest BCUT2D eigenvalue weighted by molar-refractivity contribution is 5.83. The Labute approximate surface area is 305 Å². The second-order valence-corrected chi connectivity index (χ2v) is 12.8. The van der Waals surface area contributed by atoms with E-state index in [0.29, 0.717) is 56.9 Å². The number of aromatic amines is 1. The first-order chi connectivity index (χ1) is 25.8. The third-order valence-electron chi connectivity index (χ3n) is 9.32. The van der Waals surface area contributed by atoms with Crippen molar-refractivity contribution in [3.8, 4) is 11.4 Å². The van der Waals surface area contributed by atoms with Crippen LogP contribution in [0.2, 0.25) is 0 Å². The second-order valence-electron chi connectivity index (χ2n) is 12.8. The van der Waals surface area contributed by atoms with Gasteiger partial charge in [0.05, 0.1) is 51.6 Å². The molecule has 8 rings (SSSR count). The number of aromatic nitrogens is 8. The summed E-state index contributed by atoms with van der Waals surface area (Å²) in [4.78, 5) is 52.2. The van der Waals surface area contributed by atoms with Gasteiger partial charge >= 0.3 is 0 Å². The van der Waals surface area contributed by atoms with E-state index in [0.717, 1.165) is 28.9 Å². The number of H-pyrrole nitrogens is 1. The van der Waals surface area contributed by atoms with Crippen LogP contribution in [0.3, 0.4) is 0 Å². The van der Waals surface area contributed by atoms with Crippen molar-refractivity contribution in [2.24, 2.45) is 5.73 Å². The molecule has 0 saturated heterocycles. The lowest BCUT2D eigenvalue weighted by atomic mass is 10.1. The zero-order chi connectivity index (χ0) is 37.1. The molecular weight excluding hydrogens is 665 g/mol. The van der Waals surface area contributed by atoms with E-state index < -0.39 is 0 Å². The summed E-state index contributed by atoms with van der Waals surface area (Å²) in [6.45, 7) is 7.91. The van der Waals surface area contributed by atoms with E-state index in [1.54, 1.807) is 15.5 Å². The number of fused-ring (bicyclic) bond motifs is 3. The summed E-state index contributed by atoms with van der Waals surface area (Å²) in [5.41, 5.74) is 12.1. The molecular formula is C41H40N10O2. The average Bonchev–Trinajstić information content (AvgIpc) is 3.67. The van der Waals surface area contributed by atoms with Crippen LogP contribution < -0.4 is 22.2 Å². The molecule has 0 amide bonds. The minimum absolute atomic E-state index is 0.0619. The molecule has 8 aromatic rings. The highest BCUT2D eigenvalue weighted by Gasteiger charge is 2.23. The van der Waals surface area contributed by atoms with Crippen LogP contribution in [0.1, 0.15) is 61.5 Å². The summed E-state index contributed by atoms with van der Waals surface area (Å²) < 4.78 is 3.34. The Hall–Kier alpha value is -6.53. The molecule has 4 N–H and O–H groups in total. The predicted molar refractivity (Wildman–Crippen MR) is 210 cm³/mol. The largest absolute Gasteiger partial charge is 0.358 e. The summed E-state index contributed by atoms with van der Waals surface area (Å²) in [7, 11) is 0. The van der Waals surface area contributed by atoms with Crippen LogP contribution in [-0.4, -0.2) is 39.0 Å². The molecule has 0 aliphatic carbocycles. The topological polar surface area (TPSA) is 162 Å². The van der Waals surface area contributed by atoms with Crippen molar-refractivity contribution in [1.29, 1.82) is 0 Å². The van der Waals surface area contributed by atoms with Crippen molar-refractivity contribution in [2.45, 2.75) is 52.6 Å². The quantitative estimate of drug-likeness (QED) is 0.151. The van der Waals surface area contributed by atoms with E-state index in [1.807, 2.05) is 125 Å². The van der Waals surface area contributed by atoms with Crippen LogP contribution in [-0.2, 0) is 0 Å². The van der Waals surface area contributed by atoms with E-state index in [2.05, 4.69) is 30.2 Å². The van der Waals surface area contributed by atoms with Crippen molar-refractivity contribution in [2.75, 3.05) is 5.32 Å². The Morgan fingerprint density at radius 2 is 1.23 bits per heavy atom. The van der Waals surface area contributed by atoms with E-state index in [4.69, 9.17) is 10.7 Å².